The van der Waals surface area contributed by atoms with Gasteiger partial charge in [-0.15, -0.1) is 0 Å². The van der Waals surface area contributed by atoms with E-state index in [1.807, 2.05) is 0 Å². The lowest BCUT2D eigenvalue weighted by Gasteiger charge is -1.92. The molecule has 0 aromatic heterocycles. The zero-order chi connectivity index (χ0) is 5.54. The van der Waals surface area contributed by atoms with E-state index in [-0.39, 0.29) is 9.76 Å². The van der Waals surface area contributed by atoms with Gasteiger partial charge in [-0.1, -0.05) is 0 Å². The minimum atomic E-state index is -0.190. The van der Waals surface area contributed by atoms with E-state index in [1.165, 1.54) is 12.0 Å². The highest BCUT2D eigenvalue weighted by Gasteiger charge is 1.82. The maximum absolute atomic E-state index is 5.02. The maximum Gasteiger partial charge on any atom is 0.157 e. The van der Waals surface area contributed by atoms with E-state index in [1.54, 1.807) is 7.11 Å². The normalized spacial score (nSPS) is 11.6. The van der Waals surface area contributed by atoms with E-state index in [0.29, 0.717) is 0 Å². The zero-order valence-electron chi connectivity index (χ0n) is 4.64. The first kappa shape index (κ1) is 7.70. The first-order valence-corrected chi connectivity index (χ1v) is 5.37. The molecule has 0 N–H and O–H groups in total. The summed E-state index contributed by atoms with van der Waals surface area (Å²) in [6, 6.07) is 0. The smallest absolute Gasteiger partial charge is 0.157 e. The predicted octanol–water partition coefficient (Wildman–Crippen LogP) is -1.38. The van der Waals surface area contributed by atoms with Crippen LogP contribution in [0.15, 0.2) is 0 Å². The molecule has 0 bridgehead atoms. The second-order valence-electron chi connectivity index (χ2n) is 0.981. The van der Waals surface area contributed by atoms with Crippen molar-refractivity contribution < 1.29 is 8.30 Å². The van der Waals surface area contributed by atoms with Gasteiger partial charge in [-0.05, 0) is 12.0 Å². The van der Waals surface area contributed by atoms with Crippen LogP contribution >= 0.6 is 12.0 Å². The maximum atomic E-state index is 5.02. The van der Waals surface area contributed by atoms with Crippen LogP contribution in [0.2, 0.25) is 0 Å². The van der Waals surface area contributed by atoms with Gasteiger partial charge in [0.1, 0.15) is 10.5 Å². The van der Waals surface area contributed by atoms with E-state index in [4.69, 9.17) is 8.30 Å². The van der Waals surface area contributed by atoms with Crippen LogP contribution in [-0.4, -0.2) is 32.7 Å². The van der Waals surface area contributed by atoms with Crippen molar-refractivity contribution in [3.8, 4) is 0 Å². The molecule has 0 aliphatic rings. The third-order valence-electron chi connectivity index (χ3n) is 0.489. The quantitative estimate of drug-likeness (QED) is 0.282. The van der Waals surface area contributed by atoms with Gasteiger partial charge in [-0.2, -0.15) is 0 Å². The summed E-state index contributed by atoms with van der Waals surface area (Å²) in [7, 11) is 2.40. The highest BCUT2D eigenvalue weighted by atomic mass is 32.2. The second kappa shape index (κ2) is 6.70. The molecule has 0 heterocycles. The minimum absolute atomic E-state index is 0.190. The summed E-state index contributed by atoms with van der Waals surface area (Å²) >= 11 is 1.49. The van der Waals surface area contributed by atoms with E-state index < -0.39 is 0 Å². The molecule has 0 aromatic carbocycles. The molecule has 7 heavy (non-hydrogen) atoms. The summed E-state index contributed by atoms with van der Waals surface area (Å²) in [5.74, 6) is 0. The standard InChI is InChI=1S/C2H10O2SSi2/c1-3-5-2-7-4-6/h2,7H2,1,6H3. The summed E-state index contributed by atoms with van der Waals surface area (Å²) in [6.45, 7) is 0. The van der Waals surface area contributed by atoms with Crippen molar-refractivity contribution in [2.24, 2.45) is 0 Å². The Morgan fingerprint density at radius 2 is 2.57 bits per heavy atom. The average molecular weight is 154 g/mol. The summed E-state index contributed by atoms with van der Waals surface area (Å²) in [5.41, 5.74) is 0. The molecule has 0 fully saturated rings. The van der Waals surface area contributed by atoms with Crippen molar-refractivity contribution in [2.45, 2.75) is 0 Å². The Kier molecular flexibility index (Phi) is 7.38. The molecule has 0 aromatic rings. The second-order valence-corrected chi connectivity index (χ2v) is 5.90. The van der Waals surface area contributed by atoms with Crippen molar-refractivity contribution in [3.05, 3.63) is 0 Å². The number of rotatable bonds is 4. The molecular weight excluding hydrogens is 144 g/mol. The van der Waals surface area contributed by atoms with Gasteiger partial charge in [-0.25, -0.2) is 0 Å². The third kappa shape index (κ3) is 6.70. The molecule has 0 amide bonds. The van der Waals surface area contributed by atoms with Crippen LogP contribution in [0, 0.1) is 0 Å². The molecule has 0 unspecified atom stereocenters. The first-order valence-electron chi connectivity index (χ1n) is 2.06. The van der Waals surface area contributed by atoms with Crippen molar-refractivity contribution >= 4 is 32.3 Å². The van der Waals surface area contributed by atoms with Crippen molar-refractivity contribution in [1.29, 1.82) is 0 Å². The van der Waals surface area contributed by atoms with Crippen LogP contribution in [0.1, 0.15) is 0 Å². The van der Waals surface area contributed by atoms with Crippen LogP contribution < -0.4 is 0 Å². The summed E-state index contributed by atoms with van der Waals surface area (Å²) in [5, 5.41) is 1.08. The van der Waals surface area contributed by atoms with Crippen molar-refractivity contribution in [2.75, 3.05) is 12.5 Å². The molecular formula is C2H10O2SSi2. The van der Waals surface area contributed by atoms with E-state index in [0.717, 1.165) is 15.9 Å². The molecule has 0 aliphatic heterocycles. The van der Waals surface area contributed by atoms with E-state index in [9.17, 15) is 0 Å². The molecule has 0 rings (SSSR count). The lowest BCUT2D eigenvalue weighted by Crippen LogP contribution is -1.97. The highest BCUT2D eigenvalue weighted by Crippen LogP contribution is 1.94. The molecule has 2 nitrogen and oxygen atoms in total. The molecule has 0 saturated heterocycles. The molecule has 5 heteroatoms. The number of hydrogen-bond acceptors (Lipinski definition) is 3. The Hall–Kier alpha value is 0.704. The van der Waals surface area contributed by atoms with Crippen molar-refractivity contribution in [1.82, 2.24) is 0 Å². The largest absolute Gasteiger partial charge is 0.467 e. The van der Waals surface area contributed by atoms with Crippen LogP contribution in [0.4, 0.5) is 0 Å². The summed E-state index contributed by atoms with van der Waals surface area (Å²) in [4.78, 5) is 0. The highest BCUT2D eigenvalue weighted by molar-refractivity contribution is 7.95. The van der Waals surface area contributed by atoms with Crippen molar-refractivity contribution in [3.63, 3.8) is 0 Å². The Balaban J connectivity index is 2.45. The Morgan fingerprint density at radius 1 is 1.86 bits per heavy atom. The van der Waals surface area contributed by atoms with Gasteiger partial charge in [-0.3, -0.25) is 0 Å². The van der Waals surface area contributed by atoms with Crippen LogP contribution in [0.5, 0.6) is 0 Å². The zero-order valence-corrected chi connectivity index (χ0v) is 8.87. The Labute approximate surface area is 53.7 Å². The van der Waals surface area contributed by atoms with Gasteiger partial charge >= 0.3 is 0 Å². The van der Waals surface area contributed by atoms with Gasteiger partial charge in [0.2, 0.25) is 0 Å². The fraction of sp³-hybridized carbons (Fsp3) is 1.00. The average Bonchev–Trinajstić information content (AvgIpc) is 1.69. The molecule has 0 spiro atoms. The summed E-state index contributed by atoms with van der Waals surface area (Å²) < 4.78 is 9.75. The lowest BCUT2D eigenvalue weighted by molar-refractivity contribution is 0.491. The fourth-order valence-corrected chi connectivity index (χ4v) is 3.31. The van der Waals surface area contributed by atoms with Crippen LogP contribution in [-0.2, 0) is 8.30 Å². The third-order valence-corrected chi connectivity index (χ3v) is 3.69. The lowest BCUT2D eigenvalue weighted by atomic mass is 11.8. The molecule has 0 atom stereocenters. The predicted molar refractivity (Wildman–Crippen MR) is 39.0 cm³/mol. The van der Waals surface area contributed by atoms with Gasteiger partial charge in [0.05, 0.1) is 7.11 Å². The monoisotopic (exact) mass is 154 g/mol. The minimum Gasteiger partial charge on any atom is -0.467 e. The van der Waals surface area contributed by atoms with Gasteiger partial charge < -0.3 is 8.30 Å². The van der Waals surface area contributed by atoms with Gasteiger partial charge in [0, 0.05) is 5.38 Å². The fourth-order valence-electron chi connectivity index (χ4n) is 0.201. The Morgan fingerprint density at radius 3 is 3.00 bits per heavy atom. The van der Waals surface area contributed by atoms with E-state index >= 15 is 0 Å². The molecule has 0 radical (unpaired) electrons. The molecule has 0 saturated carbocycles. The van der Waals surface area contributed by atoms with Gasteiger partial charge in [0.25, 0.3) is 0 Å². The van der Waals surface area contributed by atoms with Crippen LogP contribution in [0.3, 0.4) is 0 Å². The first-order chi connectivity index (χ1) is 3.41. The van der Waals surface area contributed by atoms with Gasteiger partial charge in [0.15, 0.2) is 9.76 Å². The number of hydrogen-bond donors (Lipinski definition) is 0. The SMILES string of the molecule is COSC[SiH2]O[SiH3]. The molecule has 0 aliphatic carbocycles. The van der Waals surface area contributed by atoms with Crippen LogP contribution in [0.25, 0.3) is 0 Å². The van der Waals surface area contributed by atoms with E-state index in [2.05, 4.69) is 0 Å². The Bertz CT molecular complexity index is 32.9. The summed E-state index contributed by atoms with van der Waals surface area (Å²) in [6.07, 6.45) is 0. The topological polar surface area (TPSA) is 18.5 Å². The molecule has 44 valence electrons.